The van der Waals surface area contributed by atoms with Gasteiger partial charge in [-0.15, -0.1) is 0 Å². The predicted octanol–water partition coefficient (Wildman–Crippen LogP) is 5.49. The third kappa shape index (κ3) is 6.54. The van der Waals surface area contributed by atoms with Crippen LogP contribution in [0.15, 0.2) is 73.2 Å². The van der Waals surface area contributed by atoms with Gasteiger partial charge in [-0.3, -0.25) is 9.78 Å². The molecule has 10 heteroatoms. The average Bonchev–Trinajstić information content (AvgIpc) is 2.99. The molecule has 0 amide bonds. The number of piperidine rings is 1. The first-order chi connectivity index (χ1) is 19.8. The van der Waals surface area contributed by atoms with E-state index in [-0.39, 0.29) is 6.10 Å². The Bertz CT molecular complexity index is 1510. The first-order valence-corrected chi connectivity index (χ1v) is 13.7. The molecule has 212 valence electrons. The molecule has 0 aliphatic carbocycles. The van der Waals surface area contributed by atoms with Crippen LogP contribution in [0.1, 0.15) is 39.2 Å². The largest absolute Gasteiger partial charge is 0.490 e. The van der Waals surface area contributed by atoms with Gasteiger partial charge in [0.25, 0.3) is 0 Å². The van der Waals surface area contributed by atoms with Crippen molar-refractivity contribution < 1.29 is 19.4 Å². The third-order valence-electron chi connectivity index (χ3n) is 7.08. The molecule has 5 rings (SSSR count). The standard InChI is InChI=1S/C31H34N6O4/c1-4-40-25-12-5-6-13-26(25)41-23-11-8-16-37(20-23)28-19-32-18-27(35-28)36-30-33-15-14-24(34-30)21-9-7-10-22(17-21)31(2,3)29(38)39/h5-7,9-10,12-15,17-19,23H,4,8,11,16,20H2,1-3H3,(H,38,39)(H,33,34,35,36). The fourth-order valence-corrected chi connectivity index (χ4v) is 4.70. The van der Waals surface area contributed by atoms with Crippen LogP contribution < -0.4 is 19.7 Å². The van der Waals surface area contributed by atoms with Crippen molar-refractivity contribution in [3.05, 3.63) is 78.8 Å². The molecule has 1 aliphatic rings. The number of nitrogens with zero attached hydrogens (tertiary/aromatic N) is 5. The van der Waals surface area contributed by atoms with Gasteiger partial charge in [-0.2, -0.15) is 0 Å². The van der Waals surface area contributed by atoms with Gasteiger partial charge in [-0.25, -0.2) is 15.0 Å². The number of nitrogens with one attached hydrogen (secondary N) is 1. The minimum absolute atomic E-state index is 0.00865. The van der Waals surface area contributed by atoms with Gasteiger partial charge in [0, 0.05) is 18.3 Å². The van der Waals surface area contributed by atoms with Crippen molar-refractivity contribution in [3.8, 4) is 22.8 Å². The zero-order valence-corrected chi connectivity index (χ0v) is 23.4. The SMILES string of the molecule is CCOc1ccccc1OC1CCCN(c2cncc(Nc3nccc(-c4cccc(C(C)(C)C(=O)O)c4)n3)n2)C1. The number of hydrogen-bond donors (Lipinski definition) is 2. The molecule has 0 bridgehead atoms. The lowest BCUT2D eigenvalue weighted by atomic mass is 9.84. The second kappa shape index (κ2) is 12.2. The molecule has 1 saturated heterocycles. The maximum Gasteiger partial charge on any atom is 0.313 e. The van der Waals surface area contributed by atoms with Gasteiger partial charge in [0.1, 0.15) is 11.9 Å². The van der Waals surface area contributed by atoms with Crippen LogP contribution in [0.25, 0.3) is 11.3 Å². The highest BCUT2D eigenvalue weighted by atomic mass is 16.5. The average molecular weight is 555 g/mol. The number of carboxylic acid groups (broad SMARTS) is 1. The number of rotatable bonds is 10. The van der Waals surface area contributed by atoms with Crippen LogP contribution in [-0.2, 0) is 10.2 Å². The lowest BCUT2D eigenvalue weighted by molar-refractivity contribution is -0.142. The van der Waals surface area contributed by atoms with Gasteiger partial charge in [0.15, 0.2) is 17.3 Å². The van der Waals surface area contributed by atoms with Gasteiger partial charge >= 0.3 is 5.97 Å². The molecule has 1 fully saturated rings. The highest BCUT2D eigenvalue weighted by molar-refractivity contribution is 5.81. The summed E-state index contributed by atoms with van der Waals surface area (Å²) in [5.41, 5.74) is 1.13. The van der Waals surface area contributed by atoms with Crippen LogP contribution in [0.4, 0.5) is 17.6 Å². The first-order valence-electron chi connectivity index (χ1n) is 13.7. The number of aromatic nitrogens is 4. The maximum atomic E-state index is 11.7. The molecule has 2 N–H and O–H groups in total. The summed E-state index contributed by atoms with van der Waals surface area (Å²) in [5, 5.41) is 12.8. The van der Waals surface area contributed by atoms with Crippen molar-refractivity contribution >= 4 is 23.6 Å². The summed E-state index contributed by atoms with van der Waals surface area (Å²) in [6, 6.07) is 16.9. The summed E-state index contributed by atoms with van der Waals surface area (Å²) in [4.78, 5) is 32.1. The molecule has 0 spiro atoms. The molecular weight excluding hydrogens is 520 g/mol. The smallest absolute Gasteiger partial charge is 0.313 e. The van der Waals surface area contributed by atoms with Crippen molar-refractivity contribution in [1.82, 2.24) is 19.9 Å². The van der Waals surface area contributed by atoms with Crippen LogP contribution in [0.2, 0.25) is 0 Å². The normalized spacial score (nSPS) is 15.3. The first kappa shape index (κ1) is 27.8. The van der Waals surface area contributed by atoms with E-state index in [1.165, 1.54) is 0 Å². The molecular formula is C31H34N6O4. The van der Waals surface area contributed by atoms with E-state index in [0.29, 0.717) is 36.2 Å². The minimum atomic E-state index is -1.02. The van der Waals surface area contributed by atoms with E-state index in [1.54, 1.807) is 38.5 Å². The van der Waals surface area contributed by atoms with Gasteiger partial charge in [0.05, 0.1) is 36.7 Å². The number of carbonyl (C=O) groups is 1. The summed E-state index contributed by atoms with van der Waals surface area (Å²) in [6.45, 7) is 7.43. The van der Waals surface area contributed by atoms with Crippen LogP contribution in [0.3, 0.4) is 0 Å². The summed E-state index contributed by atoms with van der Waals surface area (Å²) < 4.78 is 12.1. The molecule has 2 aromatic carbocycles. The van der Waals surface area contributed by atoms with Crippen molar-refractivity contribution in [2.24, 2.45) is 0 Å². The van der Waals surface area contributed by atoms with Crippen molar-refractivity contribution in [1.29, 1.82) is 0 Å². The number of hydrogen-bond acceptors (Lipinski definition) is 9. The number of aliphatic carboxylic acids is 1. The van der Waals surface area contributed by atoms with Gasteiger partial charge in [-0.05, 0) is 63.4 Å². The van der Waals surface area contributed by atoms with Gasteiger partial charge in [-0.1, -0.05) is 30.3 Å². The Morgan fingerprint density at radius 1 is 1.10 bits per heavy atom. The molecule has 1 aliphatic heterocycles. The molecule has 10 nitrogen and oxygen atoms in total. The van der Waals surface area contributed by atoms with Crippen molar-refractivity contribution in [2.75, 3.05) is 29.9 Å². The Balaban J connectivity index is 1.29. The van der Waals surface area contributed by atoms with Crippen LogP contribution in [0.5, 0.6) is 11.5 Å². The molecule has 2 aromatic heterocycles. The summed E-state index contributed by atoms with van der Waals surface area (Å²) in [7, 11) is 0. The number of benzene rings is 2. The van der Waals surface area contributed by atoms with E-state index in [1.807, 2.05) is 55.5 Å². The Morgan fingerprint density at radius 2 is 1.93 bits per heavy atom. The number of carboxylic acids is 1. The monoisotopic (exact) mass is 554 g/mol. The highest BCUT2D eigenvalue weighted by Gasteiger charge is 2.29. The summed E-state index contributed by atoms with van der Waals surface area (Å²) in [5.74, 6) is 2.23. The lowest BCUT2D eigenvalue weighted by Crippen LogP contribution is -2.41. The van der Waals surface area contributed by atoms with Crippen LogP contribution in [-0.4, -0.2) is 56.8 Å². The van der Waals surface area contributed by atoms with E-state index >= 15 is 0 Å². The Labute approximate surface area is 239 Å². The molecule has 0 radical (unpaired) electrons. The van der Waals surface area contributed by atoms with Crippen LogP contribution >= 0.6 is 0 Å². The number of ether oxygens (including phenoxy) is 2. The van der Waals surface area contributed by atoms with E-state index in [0.717, 1.165) is 42.3 Å². The zero-order valence-electron chi connectivity index (χ0n) is 23.4. The molecule has 4 aromatic rings. The summed E-state index contributed by atoms with van der Waals surface area (Å²) >= 11 is 0. The van der Waals surface area contributed by atoms with Crippen molar-refractivity contribution in [2.45, 2.75) is 45.1 Å². The molecule has 0 saturated carbocycles. The second-order valence-electron chi connectivity index (χ2n) is 10.4. The van der Waals surface area contributed by atoms with Gasteiger partial charge in [0.2, 0.25) is 5.95 Å². The topological polar surface area (TPSA) is 123 Å². The maximum absolute atomic E-state index is 11.7. The Kier molecular flexibility index (Phi) is 8.28. The van der Waals surface area contributed by atoms with E-state index < -0.39 is 11.4 Å². The Hall–Kier alpha value is -4.73. The second-order valence-corrected chi connectivity index (χ2v) is 10.4. The number of anilines is 3. The molecule has 3 heterocycles. The quantitative estimate of drug-likeness (QED) is 0.260. The lowest BCUT2D eigenvalue weighted by Gasteiger charge is -2.33. The summed E-state index contributed by atoms with van der Waals surface area (Å²) in [6.07, 6.45) is 6.92. The van der Waals surface area contributed by atoms with Gasteiger partial charge < -0.3 is 24.8 Å². The van der Waals surface area contributed by atoms with E-state index in [9.17, 15) is 9.90 Å². The van der Waals surface area contributed by atoms with Crippen LogP contribution in [0, 0.1) is 0 Å². The fourth-order valence-electron chi connectivity index (χ4n) is 4.70. The predicted molar refractivity (Wildman–Crippen MR) is 157 cm³/mol. The highest BCUT2D eigenvalue weighted by Crippen LogP contribution is 2.31. The van der Waals surface area contributed by atoms with E-state index in [2.05, 4.69) is 25.2 Å². The van der Waals surface area contributed by atoms with E-state index in [4.69, 9.17) is 14.5 Å². The molecule has 41 heavy (non-hydrogen) atoms. The Morgan fingerprint density at radius 3 is 2.73 bits per heavy atom. The fraction of sp³-hybridized carbons (Fsp3) is 0.323. The third-order valence-corrected chi connectivity index (χ3v) is 7.08. The van der Waals surface area contributed by atoms with Crippen molar-refractivity contribution in [3.63, 3.8) is 0 Å². The minimum Gasteiger partial charge on any atom is -0.490 e. The number of para-hydroxylation sites is 2. The molecule has 1 unspecified atom stereocenters. The zero-order chi connectivity index (χ0) is 28.8. The molecule has 1 atom stereocenters.